The summed E-state index contributed by atoms with van der Waals surface area (Å²) >= 11 is 1.75. The largest absolute Gasteiger partial charge is 0.468 e. The van der Waals surface area contributed by atoms with E-state index in [1.165, 1.54) is 18.2 Å². The quantitative estimate of drug-likeness (QED) is 0.790. The summed E-state index contributed by atoms with van der Waals surface area (Å²) in [5.74, 6) is 0.858. The number of ether oxygens (including phenoxy) is 2. The van der Waals surface area contributed by atoms with Gasteiger partial charge in [-0.05, 0) is 36.6 Å². The third kappa shape index (κ3) is 3.42. The number of hydrogen-bond donors (Lipinski definition) is 0. The standard InChI is InChI=1S/C18H25NO3S/c1-14-3-4-15-5-12-23-18(16(15)13-14,17(20)21-2)6-7-19-8-10-22-11-9-19/h3-4,13H,5-12H2,1-2H3. The van der Waals surface area contributed by atoms with Gasteiger partial charge in [-0.15, -0.1) is 11.8 Å². The van der Waals surface area contributed by atoms with Crippen LogP contribution in [0.3, 0.4) is 0 Å². The van der Waals surface area contributed by atoms with Gasteiger partial charge < -0.3 is 9.47 Å². The Kier molecular flexibility index (Phi) is 5.29. The molecule has 0 N–H and O–H groups in total. The average Bonchev–Trinajstić information content (AvgIpc) is 2.60. The summed E-state index contributed by atoms with van der Waals surface area (Å²) in [6.45, 7) is 6.45. The van der Waals surface area contributed by atoms with Gasteiger partial charge in [0, 0.05) is 19.6 Å². The maximum Gasteiger partial charge on any atom is 0.326 e. The number of methoxy groups -OCH3 is 1. The highest BCUT2D eigenvalue weighted by atomic mass is 32.2. The van der Waals surface area contributed by atoms with E-state index in [2.05, 4.69) is 30.0 Å². The van der Waals surface area contributed by atoms with Crippen LogP contribution in [0.5, 0.6) is 0 Å². The Morgan fingerprint density at radius 2 is 2.17 bits per heavy atom. The first-order chi connectivity index (χ1) is 11.2. The molecule has 2 aliphatic rings. The Hall–Kier alpha value is -1.04. The molecule has 1 saturated heterocycles. The molecule has 2 aliphatic heterocycles. The normalized spacial score (nSPS) is 25.0. The number of hydrogen-bond acceptors (Lipinski definition) is 5. The molecular weight excluding hydrogens is 310 g/mol. The molecule has 1 fully saturated rings. The van der Waals surface area contributed by atoms with Crippen LogP contribution in [-0.2, 0) is 25.4 Å². The fourth-order valence-electron chi connectivity index (χ4n) is 3.48. The van der Waals surface area contributed by atoms with E-state index in [0.717, 1.165) is 57.0 Å². The molecule has 0 bridgehead atoms. The van der Waals surface area contributed by atoms with Crippen molar-refractivity contribution in [1.82, 2.24) is 4.90 Å². The highest BCUT2D eigenvalue weighted by molar-refractivity contribution is 8.01. The van der Waals surface area contributed by atoms with Crippen molar-refractivity contribution in [2.45, 2.75) is 24.5 Å². The topological polar surface area (TPSA) is 38.8 Å². The summed E-state index contributed by atoms with van der Waals surface area (Å²) in [6, 6.07) is 6.49. The summed E-state index contributed by atoms with van der Waals surface area (Å²) in [5, 5.41) is 0. The third-order valence-corrected chi connectivity index (χ3v) is 6.31. The number of aryl methyl sites for hydroxylation is 2. The number of morpholine rings is 1. The lowest BCUT2D eigenvalue weighted by Crippen LogP contribution is -2.43. The Balaban J connectivity index is 1.88. The van der Waals surface area contributed by atoms with Crippen molar-refractivity contribution >= 4 is 17.7 Å². The number of esters is 1. The van der Waals surface area contributed by atoms with E-state index in [0.29, 0.717) is 0 Å². The molecule has 1 unspecified atom stereocenters. The van der Waals surface area contributed by atoms with E-state index in [1.807, 2.05) is 0 Å². The van der Waals surface area contributed by atoms with Crippen molar-refractivity contribution in [3.63, 3.8) is 0 Å². The van der Waals surface area contributed by atoms with E-state index in [1.54, 1.807) is 11.8 Å². The number of fused-ring (bicyclic) bond motifs is 1. The minimum Gasteiger partial charge on any atom is -0.468 e. The van der Waals surface area contributed by atoms with Crippen molar-refractivity contribution in [3.8, 4) is 0 Å². The Morgan fingerprint density at radius 3 is 2.91 bits per heavy atom. The van der Waals surface area contributed by atoms with Crippen LogP contribution >= 0.6 is 11.8 Å². The maximum atomic E-state index is 12.7. The highest BCUT2D eigenvalue weighted by Crippen LogP contribution is 2.46. The first-order valence-electron chi connectivity index (χ1n) is 8.28. The van der Waals surface area contributed by atoms with Crippen LogP contribution in [0, 0.1) is 6.92 Å². The summed E-state index contributed by atoms with van der Waals surface area (Å²) in [4.78, 5) is 15.1. The predicted molar refractivity (Wildman–Crippen MR) is 92.9 cm³/mol. The van der Waals surface area contributed by atoms with Crippen molar-refractivity contribution in [3.05, 3.63) is 34.9 Å². The van der Waals surface area contributed by atoms with Gasteiger partial charge in [-0.3, -0.25) is 9.69 Å². The van der Waals surface area contributed by atoms with Gasteiger partial charge in [0.25, 0.3) is 0 Å². The van der Waals surface area contributed by atoms with Gasteiger partial charge in [0.1, 0.15) is 4.75 Å². The number of thioether (sulfide) groups is 1. The first-order valence-corrected chi connectivity index (χ1v) is 9.27. The number of rotatable bonds is 4. The number of carbonyl (C=O) groups is 1. The van der Waals surface area contributed by atoms with E-state index >= 15 is 0 Å². The molecule has 5 heteroatoms. The van der Waals surface area contributed by atoms with Crippen LogP contribution < -0.4 is 0 Å². The van der Waals surface area contributed by atoms with Crippen LogP contribution in [-0.4, -0.2) is 56.6 Å². The van der Waals surface area contributed by atoms with Gasteiger partial charge in [0.05, 0.1) is 20.3 Å². The maximum absolute atomic E-state index is 12.7. The molecule has 0 amide bonds. The summed E-state index contributed by atoms with van der Waals surface area (Å²) < 4.78 is 10.1. The zero-order valence-corrected chi connectivity index (χ0v) is 14.8. The minimum absolute atomic E-state index is 0.109. The molecule has 4 nitrogen and oxygen atoms in total. The fraction of sp³-hybridized carbons (Fsp3) is 0.611. The van der Waals surface area contributed by atoms with Crippen LogP contribution in [0.15, 0.2) is 18.2 Å². The SMILES string of the molecule is COC(=O)C1(CCN2CCOCC2)SCCc2ccc(C)cc21. The monoisotopic (exact) mass is 335 g/mol. The summed E-state index contributed by atoms with van der Waals surface area (Å²) in [5.41, 5.74) is 3.65. The van der Waals surface area contributed by atoms with Gasteiger partial charge >= 0.3 is 5.97 Å². The van der Waals surface area contributed by atoms with Crippen molar-refractivity contribution in [2.24, 2.45) is 0 Å². The second-order valence-corrected chi connectivity index (χ2v) is 7.68. The van der Waals surface area contributed by atoms with Gasteiger partial charge in [-0.2, -0.15) is 0 Å². The van der Waals surface area contributed by atoms with Crippen LogP contribution in [0.2, 0.25) is 0 Å². The molecule has 1 aromatic carbocycles. The molecule has 0 aromatic heterocycles. The van der Waals surface area contributed by atoms with Crippen LogP contribution in [0.1, 0.15) is 23.1 Å². The predicted octanol–water partition coefficient (Wildman–Crippen LogP) is 2.37. The minimum atomic E-state index is -0.563. The first kappa shape index (κ1) is 16.8. The van der Waals surface area contributed by atoms with E-state index in [-0.39, 0.29) is 5.97 Å². The van der Waals surface area contributed by atoms with Crippen molar-refractivity contribution in [1.29, 1.82) is 0 Å². The lowest BCUT2D eigenvalue weighted by Gasteiger charge is -2.38. The Labute approximate surface area is 142 Å². The third-order valence-electron chi connectivity index (χ3n) is 4.82. The van der Waals surface area contributed by atoms with E-state index in [4.69, 9.17) is 9.47 Å². The molecular formula is C18H25NO3S. The molecule has 0 saturated carbocycles. The zero-order valence-electron chi connectivity index (χ0n) is 14.0. The van der Waals surface area contributed by atoms with Gasteiger partial charge in [0.2, 0.25) is 0 Å². The second-order valence-electron chi connectivity index (χ2n) is 6.28. The Morgan fingerprint density at radius 1 is 1.39 bits per heavy atom. The zero-order chi connectivity index (χ0) is 16.3. The van der Waals surface area contributed by atoms with Gasteiger partial charge in [-0.25, -0.2) is 0 Å². The Bertz CT molecular complexity index is 571. The molecule has 1 aromatic rings. The van der Waals surface area contributed by atoms with Crippen LogP contribution in [0.4, 0.5) is 0 Å². The number of benzene rings is 1. The van der Waals surface area contributed by atoms with Gasteiger partial charge in [-0.1, -0.05) is 23.8 Å². The van der Waals surface area contributed by atoms with Crippen molar-refractivity contribution in [2.75, 3.05) is 45.7 Å². The highest BCUT2D eigenvalue weighted by Gasteiger charge is 2.45. The molecule has 0 radical (unpaired) electrons. The molecule has 23 heavy (non-hydrogen) atoms. The lowest BCUT2D eigenvalue weighted by molar-refractivity contribution is -0.144. The van der Waals surface area contributed by atoms with Crippen LogP contribution in [0.25, 0.3) is 0 Å². The average molecular weight is 335 g/mol. The summed E-state index contributed by atoms with van der Waals surface area (Å²) in [7, 11) is 1.50. The molecule has 1 atom stereocenters. The van der Waals surface area contributed by atoms with Gasteiger partial charge in [0.15, 0.2) is 0 Å². The molecule has 3 rings (SSSR count). The molecule has 126 valence electrons. The molecule has 0 aliphatic carbocycles. The van der Waals surface area contributed by atoms with E-state index in [9.17, 15) is 4.79 Å². The lowest BCUT2D eigenvalue weighted by atomic mass is 9.87. The fourth-order valence-corrected chi connectivity index (χ4v) is 4.93. The number of carbonyl (C=O) groups excluding carboxylic acids is 1. The molecule has 2 heterocycles. The molecule has 0 spiro atoms. The van der Waals surface area contributed by atoms with E-state index < -0.39 is 4.75 Å². The number of nitrogens with zero attached hydrogens (tertiary/aromatic N) is 1. The second kappa shape index (κ2) is 7.24. The van der Waals surface area contributed by atoms with Crippen molar-refractivity contribution < 1.29 is 14.3 Å². The smallest absolute Gasteiger partial charge is 0.326 e. The summed E-state index contributed by atoms with van der Waals surface area (Å²) in [6.07, 6.45) is 1.82.